The molecule has 0 aliphatic heterocycles. The van der Waals surface area contributed by atoms with Crippen LogP contribution in [0.2, 0.25) is 0 Å². The standard InChI is InChI=1S/C11H14FN3O3S/c1-18-6-2-5-13-11(19)14-8-3-4-9(12)10(7-8)15(16)17/h3-4,7H,2,5-6H2,1H3,(H2,13,14,19). The van der Waals surface area contributed by atoms with Crippen LogP contribution in [0.1, 0.15) is 6.42 Å². The number of anilines is 1. The van der Waals surface area contributed by atoms with Crippen molar-refractivity contribution in [2.45, 2.75) is 6.42 Å². The molecule has 0 aliphatic carbocycles. The molecule has 0 unspecified atom stereocenters. The third-order valence-corrected chi connectivity index (χ3v) is 2.46. The number of benzene rings is 1. The normalized spacial score (nSPS) is 10.0. The fraction of sp³-hybridized carbons (Fsp3) is 0.364. The molecule has 2 N–H and O–H groups in total. The van der Waals surface area contributed by atoms with E-state index in [-0.39, 0.29) is 0 Å². The molecule has 1 rings (SSSR count). The van der Waals surface area contributed by atoms with Crippen molar-refractivity contribution in [2.75, 3.05) is 25.6 Å². The molecule has 0 radical (unpaired) electrons. The Kier molecular flexibility index (Phi) is 6.10. The zero-order valence-corrected chi connectivity index (χ0v) is 11.1. The molecule has 1 aromatic carbocycles. The molecule has 0 fully saturated rings. The van der Waals surface area contributed by atoms with E-state index in [0.717, 1.165) is 18.6 Å². The number of nitrogens with one attached hydrogen (secondary N) is 2. The van der Waals surface area contributed by atoms with Gasteiger partial charge in [-0.05, 0) is 30.8 Å². The van der Waals surface area contributed by atoms with Gasteiger partial charge in [-0.2, -0.15) is 4.39 Å². The number of ether oxygens (including phenoxy) is 1. The highest BCUT2D eigenvalue weighted by molar-refractivity contribution is 7.80. The van der Waals surface area contributed by atoms with Crippen molar-refractivity contribution in [2.24, 2.45) is 0 Å². The van der Waals surface area contributed by atoms with E-state index in [0.29, 0.717) is 24.0 Å². The molecule has 0 aliphatic rings. The van der Waals surface area contributed by atoms with Crippen LogP contribution in [-0.4, -0.2) is 30.3 Å². The molecule has 0 saturated carbocycles. The van der Waals surface area contributed by atoms with Gasteiger partial charge in [0, 0.05) is 32.0 Å². The minimum atomic E-state index is -0.880. The Morgan fingerprint density at radius 3 is 2.95 bits per heavy atom. The molecule has 104 valence electrons. The van der Waals surface area contributed by atoms with Gasteiger partial charge in [-0.15, -0.1) is 0 Å². The van der Waals surface area contributed by atoms with E-state index >= 15 is 0 Å². The third-order valence-electron chi connectivity index (χ3n) is 2.21. The first-order valence-corrected chi connectivity index (χ1v) is 5.93. The van der Waals surface area contributed by atoms with Gasteiger partial charge in [-0.3, -0.25) is 10.1 Å². The fourth-order valence-corrected chi connectivity index (χ4v) is 1.54. The molecule has 0 aromatic heterocycles. The highest BCUT2D eigenvalue weighted by Gasteiger charge is 2.14. The molecular weight excluding hydrogens is 273 g/mol. The van der Waals surface area contributed by atoms with Crippen LogP contribution in [0.15, 0.2) is 18.2 Å². The van der Waals surface area contributed by atoms with Crippen molar-refractivity contribution in [3.63, 3.8) is 0 Å². The average Bonchev–Trinajstić information content (AvgIpc) is 2.36. The predicted molar refractivity (Wildman–Crippen MR) is 73.8 cm³/mol. The van der Waals surface area contributed by atoms with Crippen molar-refractivity contribution in [3.05, 3.63) is 34.1 Å². The van der Waals surface area contributed by atoms with Gasteiger partial charge >= 0.3 is 5.69 Å². The lowest BCUT2D eigenvalue weighted by molar-refractivity contribution is -0.387. The molecule has 0 bridgehead atoms. The number of halogens is 1. The first-order chi connectivity index (χ1) is 9.04. The molecule has 0 amide bonds. The maximum atomic E-state index is 13.1. The summed E-state index contributed by atoms with van der Waals surface area (Å²) in [6.45, 7) is 1.22. The van der Waals surface area contributed by atoms with Crippen molar-refractivity contribution in [1.82, 2.24) is 5.32 Å². The van der Waals surface area contributed by atoms with E-state index < -0.39 is 16.4 Å². The summed E-state index contributed by atoms with van der Waals surface area (Å²) in [4.78, 5) is 9.80. The van der Waals surface area contributed by atoms with Crippen LogP contribution in [0, 0.1) is 15.9 Å². The zero-order chi connectivity index (χ0) is 14.3. The van der Waals surface area contributed by atoms with Crippen molar-refractivity contribution in [1.29, 1.82) is 0 Å². The molecule has 8 heteroatoms. The van der Waals surface area contributed by atoms with Gasteiger partial charge in [0.1, 0.15) is 0 Å². The van der Waals surface area contributed by atoms with Crippen LogP contribution in [0.4, 0.5) is 15.8 Å². The zero-order valence-electron chi connectivity index (χ0n) is 10.3. The number of nitrogens with zero attached hydrogens (tertiary/aromatic N) is 1. The summed E-state index contributed by atoms with van der Waals surface area (Å²) in [5.41, 5.74) is -0.232. The minimum Gasteiger partial charge on any atom is -0.385 e. The van der Waals surface area contributed by atoms with Gasteiger partial charge in [-0.1, -0.05) is 0 Å². The Morgan fingerprint density at radius 1 is 1.58 bits per heavy atom. The number of nitro benzene ring substituents is 1. The number of rotatable bonds is 6. The topological polar surface area (TPSA) is 76.4 Å². The van der Waals surface area contributed by atoms with Crippen molar-refractivity contribution in [3.8, 4) is 0 Å². The van der Waals surface area contributed by atoms with E-state index in [9.17, 15) is 14.5 Å². The van der Waals surface area contributed by atoms with Crippen LogP contribution >= 0.6 is 12.2 Å². The average molecular weight is 287 g/mol. The van der Waals surface area contributed by atoms with E-state index in [1.165, 1.54) is 6.07 Å². The summed E-state index contributed by atoms with van der Waals surface area (Å²) in [7, 11) is 1.61. The van der Waals surface area contributed by atoms with Gasteiger partial charge < -0.3 is 15.4 Å². The Hall–Kier alpha value is -1.80. The summed E-state index contributed by atoms with van der Waals surface area (Å²) in [6, 6.07) is 3.50. The number of hydrogen-bond donors (Lipinski definition) is 2. The lowest BCUT2D eigenvalue weighted by Gasteiger charge is -2.10. The van der Waals surface area contributed by atoms with Gasteiger partial charge in [0.2, 0.25) is 5.82 Å². The lowest BCUT2D eigenvalue weighted by Crippen LogP contribution is -2.29. The van der Waals surface area contributed by atoms with E-state index in [2.05, 4.69) is 10.6 Å². The van der Waals surface area contributed by atoms with Crippen LogP contribution in [0.3, 0.4) is 0 Å². The number of nitro groups is 1. The Morgan fingerprint density at radius 2 is 2.32 bits per heavy atom. The van der Waals surface area contributed by atoms with Crippen LogP contribution in [0.25, 0.3) is 0 Å². The Balaban J connectivity index is 2.55. The third kappa shape index (κ3) is 5.14. The molecule has 0 heterocycles. The van der Waals surface area contributed by atoms with Gasteiger partial charge in [0.25, 0.3) is 0 Å². The Bertz CT molecular complexity index is 470. The van der Waals surface area contributed by atoms with Gasteiger partial charge in [0.05, 0.1) is 4.92 Å². The maximum absolute atomic E-state index is 13.1. The molecule has 6 nitrogen and oxygen atoms in total. The van der Waals surface area contributed by atoms with Crippen molar-refractivity contribution >= 4 is 28.7 Å². The highest BCUT2D eigenvalue weighted by atomic mass is 32.1. The smallest absolute Gasteiger partial charge is 0.306 e. The van der Waals surface area contributed by atoms with E-state index in [1.54, 1.807) is 7.11 Å². The number of hydrogen-bond acceptors (Lipinski definition) is 4. The van der Waals surface area contributed by atoms with Crippen molar-refractivity contribution < 1.29 is 14.1 Å². The monoisotopic (exact) mass is 287 g/mol. The minimum absolute atomic E-state index is 0.317. The van der Waals surface area contributed by atoms with Gasteiger partial charge in [0.15, 0.2) is 5.11 Å². The molecule has 1 aromatic rings. The predicted octanol–water partition coefficient (Wildman–Crippen LogP) is 2.06. The maximum Gasteiger partial charge on any atom is 0.306 e. The number of methoxy groups -OCH3 is 1. The summed E-state index contributed by atoms with van der Waals surface area (Å²) in [5.74, 6) is -0.880. The van der Waals surface area contributed by atoms with Crippen LogP contribution < -0.4 is 10.6 Å². The van der Waals surface area contributed by atoms with Crippen LogP contribution in [0.5, 0.6) is 0 Å². The first kappa shape index (κ1) is 15.3. The second-order valence-electron chi connectivity index (χ2n) is 3.65. The summed E-state index contributed by atoms with van der Waals surface area (Å²) in [5, 5.41) is 16.6. The largest absolute Gasteiger partial charge is 0.385 e. The Labute approximate surface area is 115 Å². The first-order valence-electron chi connectivity index (χ1n) is 5.52. The molecule has 0 saturated heterocycles. The van der Waals surface area contributed by atoms with Gasteiger partial charge in [-0.25, -0.2) is 0 Å². The summed E-state index contributed by atoms with van der Waals surface area (Å²) in [6.07, 6.45) is 0.780. The quantitative estimate of drug-likeness (QED) is 0.361. The van der Waals surface area contributed by atoms with Crippen LogP contribution in [-0.2, 0) is 4.74 Å². The van der Waals surface area contributed by atoms with E-state index in [1.807, 2.05) is 0 Å². The lowest BCUT2D eigenvalue weighted by atomic mass is 10.2. The second-order valence-corrected chi connectivity index (χ2v) is 4.06. The fourth-order valence-electron chi connectivity index (χ4n) is 1.32. The molecule has 19 heavy (non-hydrogen) atoms. The molecule has 0 spiro atoms. The highest BCUT2D eigenvalue weighted by Crippen LogP contribution is 2.21. The molecule has 0 atom stereocenters. The summed E-state index contributed by atoms with van der Waals surface area (Å²) < 4.78 is 18.0. The SMILES string of the molecule is COCCCNC(=S)Nc1ccc(F)c([N+](=O)[O-])c1. The van der Waals surface area contributed by atoms with E-state index in [4.69, 9.17) is 17.0 Å². The second kappa shape index (κ2) is 7.59. The molecular formula is C11H14FN3O3S. The number of thiocarbonyl (C=S) groups is 1. The summed E-state index contributed by atoms with van der Waals surface area (Å²) >= 11 is 5.00.